The summed E-state index contributed by atoms with van der Waals surface area (Å²) in [5.74, 6) is 0.902. The maximum Gasteiger partial charge on any atom is 0.472 e. The van der Waals surface area contributed by atoms with Gasteiger partial charge in [-0.1, -0.05) is 306 Å². The Hall–Kier alpha value is -1.94. The number of hydrogen-bond acceptors (Lipinski definition) is 15. The average Bonchev–Trinajstić information content (AvgIpc) is 3.09. The molecule has 0 aromatic rings. The van der Waals surface area contributed by atoms with Gasteiger partial charge in [0.05, 0.1) is 26.4 Å². The third-order valence-corrected chi connectivity index (χ3v) is 18.8. The fraction of sp³-hybridized carbons (Fsp3) is 0.944. The van der Waals surface area contributed by atoms with E-state index in [1.165, 1.54) is 161 Å². The molecular weight excluding hydrogens is 1200 g/mol. The number of aliphatic hydroxyl groups excluding tert-OH is 1. The molecule has 0 saturated heterocycles. The van der Waals surface area contributed by atoms with E-state index in [-0.39, 0.29) is 25.7 Å². The number of aliphatic hydroxyl groups is 1. The fourth-order valence-electron chi connectivity index (χ4n) is 10.8. The zero-order valence-electron chi connectivity index (χ0n) is 59.5. The van der Waals surface area contributed by atoms with Crippen LogP contribution >= 0.6 is 15.6 Å². The first-order chi connectivity index (χ1) is 43.6. The molecule has 6 atom stereocenters. The maximum absolute atomic E-state index is 13.0. The molecule has 0 fully saturated rings. The first-order valence-corrected chi connectivity index (χ1v) is 40.2. The summed E-state index contributed by atoms with van der Waals surface area (Å²) in [6, 6.07) is 0. The highest BCUT2D eigenvalue weighted by Gasteiger charge is 2.30. The highest BCUT2D eigenvalue weighted by atomic mass is 31.2. The molecular formula is C72H140O17P2. The minimum Gasteiger partial charge on any atom is -0.462 e. The van der Waals surface area contributed by atoms with E-state index in [1.54, 1.807) is 0 Å². The van der Waals surface area contributed by atoms with Gasteiger partial charge in [0.2, 0.25) is 0 Å². The molecule has 0 bridgehead atoms. The van der Waals surface area contributed by atoms with E-state index >= 15 is 0 Å². The number of carbonyl (C=O) groups excluding carboxylic acids is 4. The van der Waals surface area contributed by atoms with Gasteiger partial charge in [-0.25, -0.2) is 9.13 Å². The third-order valence-electron chi connectivity index (χ3n) is 16.9. The Balaban J connectivity index is 5.26. The molecule has 0 aromatic heterocycles. The van der Waals surface area contributed by atoms with Crippen molar-refractivity contribution in [2.75, 3.05) is 39.6 Å². The van der Waals surface area contributed by atoms with E-state index in [9.17, 15) is 43.2 Å². The third kappa shape index (κ3) is 65.1. The van der Waals surface area contributed by atoms with Crippen LogP contribution in [0.15, 0.2) is 0 Å². The second kappa shape index (κ2) is 61.6. The van der Waals surface area contributed by atoms with Crippen LogP contribution in [0.25, 0.3) is 0 Å². The van der Waals surface area contributed by atoms with Gasteiger partial charge in [0.1, 0.15) is 19.3 Å². The summed E-state index contributed by atoms with van der Waals surface area (Å²) in [6.45, 7) is 14.1. The van der Waals surface area contributed by atoms with E-state index in [2.05, 4.69) is 55.4 Å². The van der Waals surface area contributed by atoms with Crippen LogP contribution in [0.5, 0.6) is 0 Å². The molecule has 0 spiro atoms. The summed E-state index contributed by atoms with van der Waals surface area (Å²) in [7, 11) is -9.91. The minimum absolute atomic E-state index is 0.104. The summed E-state index contributed by atoms with van der Waals surface area (Å²) >= 11 is 0. The normalized spacial score (nSPS) is 14.5. The molecule has 0 aliphatic rings. The van der Waals surface area contributed by atoms with Crippen LogP contribution in [-0.4, -0.2) is 96.7 Å². The summed E-state index contributed by atoms with van der Waals surface area (Å²) in [6.07, 6.45) is 44.4. The Bertz CT molecular complexity index is 1800. The predicted octanol–water partition coefficient (Wildman–Crippen LogP) is 20.5. The predicted molar refractivity (Wildman–Crippen MR) is 367 cm³/mol. The van der Waals surface area contributed by atoms with Crippen molar-refractivity contribution < 1.29 is 80.2 Å². The van der Waals surface area contributed by atoms with E-state index in [0.717, 1.165) is 114 Å². The summed E-state index contributed by atoms with van der Waals surface area (Å²) in [5.41, 5.74) is 0. The topological polar surface area (TPSA) is 237 Å². The standard InChI is InChI=1S/C72H140O17P2/c1-9-65(8)51-43-35-27-21-23-31-39-47-55-72(77)89-68(58-82-69(74)52-44-36-28-18-13-11-10-12-16-24-32-40-48-62(2)3)61-87-91(80,81)85-57-66(73)56-84-90(78,79)86-60-67(59-83-70(75)53-45-37-29-22-20-26-34-42-50-64(6)7)88-71(76)54-46-38-30-19-15-14-17-25-33-41-49-63(4)5/h62-68,73H,9-61H2,1-8H3,(H,78,79)(H,80,81)/t65?,66?,67-,68-/m1/s1. The maximum atomic E-state index is 13.0. The van der Waals surface area contributed by atoms with Gasteiger partial charge in [0.25, 0.3) is 0 Å². The molecule has 0 aliphatic heterocycles. The summed E-state index contributed by atoms with van der Waals surface area (Å²) in [5, 5.41) is 10.6. The van der Waals surface area contributed by atoms with Gasteiger partial charge in [-0.2, -0.15) is 0 Å². The number of rotatable bonds is 69. The molecule has 0 rings (SSSR count). The number of phosphoric ester groups is 2. The molecule has 540 valence electrons. The van der Waals surface area contributed by atoms with Gasteiger partial charge in [0, 0.05) is 25.7 Å². The van der Waals surface area contributed by atoms with Crippen LogP contribution in [0.2, 0.25) is 0 Å². The Morgan fingerprint density at radius 2 is 0.527 bits per heavy atom. The lowest BCUT2D eigenvalue weighted by Crippen LogP contribution is -2.30. The second-order valence-electron chi connectivity index (χ2n) is 27.6. The van der Waals surface area contributed by atoms with Gasteiger partial charge >= 0.3 is 39.5 Å². The monoisotopic (exact) mass is 1340 g/mol. The van der Waals surface area contributed by atoms with Crippen LogP contribution in [0.3, 0.4) is 0 Å². The van der Waals surface area contributed by atoms with Crippen molar-refractivity contribution >= 4 is 39.5 Å². The molecule has 0 aromatic carbocycles. The molecule has 0 saturated carbocycles. The largest absolute Gasteiger partial charge is 0.472 e. The Kier molecular flexibility index (Phi) is 60.3. The van der Waals surface area contributed by atoms with Crippen LogP contribution in [0.1, 0.15) is 357 Å². The van der Waals surface area contributed by atoms with Gasteiger partial charge < -0.3 is 33.8 Å². The van der Waals surface area contributed by atoms with Crippen molar-refractivity contribution in [2.24, 2.45) is 23.7 Å². The highest BCUT2D eigenvalue weighted by molar-refractivity contribution is 7.47. The molecule has 4 unspecified atom stereocenters. The van der Waals surface area contributed by atoms with E-state index in [4.69, 9.17) is 37.0 Å². The molecule has 17 nitrogen and oxygen atoms in total. The number of hydrogen-bond donors (Lipinski definition) is 3. The molecule has 91 heavy (non-hydrogen) atoms. The lowest BCUT2D eigenvalue weighted by atomic mass is 9.99. The van der Waals surface area contributed by atoms with Crippen molar-refractivity contribution in [1.82, 2.24) is 0 Å². The van der Waals surface area contributed by atoms with Crippen molar-refractivity contribution in [3.63, 3.8) is 0 Å². The molecule has 0 aliphatic carbocycles. The van der Waals surface area contributed by atoms with Crippen molar-refractivity contribution in [2.45, 2.75) is 375 Å². The molecule has 0 heterocycles. The van der Waals surface area contributed by atoms with Crippen molar-refractivity contribution in [3.05, 3.63) is 0 Å². The van der Waals surface area contributed by atoms with Crippen molar-refractivity contribution in [3.8, 4) is 0 Å². The van der Waals surface area contributed by atoms with Crippen LogP contribution in [0, 0.1) is 23.7 Å². The smallest absolute Gasteiger partial charge is 0.462 e. The number of ether oxygens (including phenoxy) is 4. The van der Waals surface area contributed by atoms with Crippen LogP contribution < -0.4 is 0 Å². The van der Waals surface area contributed by atoms with Gasteiger partial charge in [-0.05, 0) is 49.4 Å². The van der Waals surface area contributed by atoms with E-state index < -0.39 is 97.5 Å². The number of esters is 4. The quantitative estimate of drug-likeness (QED) is 0.0222. The first-order valence-electron chi connectivity index (χ1n) is 37.2. The van der Waals surface area contributed by atoms with Crippen molar-refractivity contribution in [1.29, 1.82) is 0 Å². The Morgan fingerprint density at radius 1 is 0.308 bits per heavy atom. The lowest BCUT2D eigenvalue weighted by molar-refractivity contribution is -0.161. The Morgan fingerprint density at radius 3 is 0.780 bits per heavy atom. The summed E-state index contributed by atoms with van der Waals surface area (Å²) < 4.78 is 68.4. The van der Waals surface area contributed by atoms with E-state index in [1.807, 2.05) is 0 Å². The molecule has 0 amide bonds. The average molecular weight is 1340 g/mol. The van der Waals surface area contributed by atoms with Gasteiger partial charge in [-0.3, -0.25) is 37.3 Å². The van der Waals surface area contributed by atoms with E-state index in [0.29, 0.717) is 25.7 Å². The van der Waals surface area contributed by atoms with Gasteiger partial charge in [0.15, 0.2) is 12.2 Å². The number of unbranched alkanes of at least 4 members (excludes halogenated alkanes) is 34. The molecule has 19 heteroatoms. The first kappa shape index (κ1) is 89.1. The highest BCUT2D eigenvalue weighted by Crippen LogP contribution is 2.45. The SMILES string of the molecule is CCC(C)CCCCCCCCCCC(=O)O[C@H](COC(=O)CCCCCCCCCCCCCCC(C)C)COP(=O)(O)OCC(O)COP(=O)(O)OC[C@@H](COC(=O)CCCCCCCCCCC(C)C)OC(=O)CCCCCCCCCCCCC(C)C. The number of carbonyl (C=O) groups is 4. The minimum atomic E-state index is -4.95. The molecule has 0 radical (unpaired) electrons. The van der Waals surface area contributed by atoms with Crippen LogP contribution in [-0.2, 0) is 65.4 Å². The summed E-state index contributed by atoms with van der Waals surface area (Å²) in [4.78, 5) is 72.6. The van der Waals surface area contributed by atoms with Crippen LogP contribution in [0.4, 0.5) is 0 Å². The fourth-order valence-corrected chi connectivity index (χ4v) is 12.4. The zero-order chi connectivity index (χ0) is 67.5. The second-order valence-corrected chi connectivity index (χ2v) is 30.6. The van der Waals surface area contributed by atoms with Gasteiger partial charge in [-0.15, -0.1) is 0 Å². The number of phosphoric acid groups is 2. The Labute approximate surface area is 556 Å². The zero-order valence-corrected chi connectivity index (χ0v) is 61.3. The lowest BCUT2D eigenvalue weighted by Gasteiger charge is -2.21. The molecule has 3 N–H and O–H groups in total.